The van der Waals surface area contributed by atoms with Crippen molar-refractivity contribution in [3.05, 3.63) is 71.7 Å². The molecule has 40 heavy (non-hydrogen) atoms. The molecule has 0 aliphatic carbocycles. The monoisotopic (exact) mass is 544 g/mol. The van der Waals surface area contributed by atoms with Crippen molar-refractivity contribution in [2.45, 2.75) is 26.2 Å². The van der Waals surface area contributed by atoms with Crippen molar-refractivity contribution in [3.8, 4) is 0 Å². The number of nitrogens with zero attached hydrogens (tertiary/aromatic N) is 3. The fraction of sp³-hybridized carbons (Fsp3) is 0.367. The van der Waals surface area contributed by atoms with E-state index in [4.69, 9.17) is 10.2 Å². The third kappa shape index (κ3) is 6.22. The summed E-state index contributed by atoms with van der Waals surface area (Å²) in [6.07, 6.45) is 3.73. The summed E-state index contributed by atoms with van der Waals surface area (Å²) in [4.78, 5) is 44.1. The van der Waals surface area contributed by atoms with Crippen LogP contribution in [0, 0.1) is 6.92 Å². The summed E-state index contributed by atoms with van der Waals surface area (Å²) >= 11 is 0. The molecule has 10 nitrogen and oxygen atoms in total. The van der Waals surface area contributed by atoms with Crippen molar-refractivity contribution in [3.63, 3.8) is 0 Å². The first-order valence-corrected chi connectivity index (χ1v) is 13.8. The summed E-state index contributed by atoms with van der Waals surface area (Å²) in [5.41, 5.74) is 10.6. The highest BCUT2D eigenvalue weighted by molar-refractivity contribution is 6.05. The number of hydrogen-bond donors (Lipinski definition) is 3. The van der Waals surface area contributed by atoms with E-state index in [1.165, 1.54) is 6.26 Å². The van der Waals surface area contributed by atoms with Gasteiger partial charge in [-0.15, -0.1) is 0 Å². The van der Waals surface area contributed by atoms with Crippen molar-refractivity contribution in [1.82, 2.24) is 10.2 Å². The van der Waals surface area contributed by atoms with Crippen molar-refractivity contribution < 1.29 is 18.8 Å². The number of carbonyl (C=O) groups excluding carboxylic acids is 3. The number of carbonyl (C=O) groups is 3. The Balaban J connectivity index is 1.28. The smallest absolute Gasteiger partial charge is 0.291 e. The van der Waals surface area contributed by atoms with Gasteiger partial charge in [0.15, 0.2) is 5.76 Å². The summed E-state index contributed by atoms with van der Waals surface area (Å²) in [5.74, 6) is -0.216. The van der Waals surface area contributed by atoms with Gasteiger partial charge in [0.1, 0.15) is 0 Å². The van der Waals surface area contributed by atoms with Crippen LogP contribution in [-0.4, -0.2) is 68.4 Å². The summed E-state index contributed by atoms with van der Waals surface area (Å²) in [5, 5.41) is 5.90. The van der Waals surface area contributed by atoms with Gasteiger partial charge in [-0.1, -0.05) is 12.1 Å². The van der Waals surface area contributed by atoms with Gasteiger partial charge in [0, 0.05) is 57.8 Å². The second-order valence-corrected chi connectivity index (χ2v) is 10.3. The molecule has 0 unspecified atom stereocenters. The summed E-state index contributed by atoms with van der Waals surface area (Å²) < 4.78 is 5.40. The number of hydrogen-bond acceptors (Lipinski definition) is 7. The van der Waals surface area contributed by atoms with Gasteiger partial charge in [0.2, 0.25) is 5.91 Å². The van der Waals surface area contributed by atoms with Gasteiger partial charge in [0.05, 0.1) is 29.0 Å². The summed E-state index contributed by atoms with van der Waals surface area (Å²) in [6, 6.07) is 14.9. The Kier molecular flexibility index (Phi) is 8.23. The molecule has 2 saturated heterocycles. The molecule has 3 heterocycles. The van der Waals surface area contributed by atoms with E-state index >= 15 is 0 Å². The number of furan rings is 1. The molecule has 0 bridgehead atoms. The molecule has 2 aliphatic heterocycles. The molecule has 0 saturated carbocycles. The molecule has 1 aromatic heterocycles. The van der Waals surface area contributed by atoms with Crippen LogP contribution in [0.15, 0.2) is 59.2 Å². The lowest BCUT2D eigenvalue weighted by atomic mass is 10.1. The van der Waals surface area contributed by atoms with Gasteiger partial charge in [-0.3, -0.25) is 14.4 Å². The zero-order valence-electron chi connectivity index (χ0n) is 22.8. The minimum atomic E-state index is -0.377. The number of nitrogen functional groups attached to an aromatic ring is 1. The van der Waals surface area contributed by atoms with Gasteiger partial charge in [-0.05, 0) is 61.7 Å². The zero-order chi connectivity index (χ0) is 28.1. The highest BCUT2D eigenvalue weighted by Gasteiger charge is 2.23. The first kappa shape index (κ1) is 27.1. The van der Waals surface area contributed by atoms with E-state index in [9.17, 15) is 14.4 Å². The zero-order valence-corrected chi connectivity index (χ0v) is 22.8. The van der Waals surface area contributed by atoms with Gasteiger partial charge in [-0.2, -0.15) is 0 Å². The van der Waals surface area contributed by atoms with Crippen molar-refractivity contribution in [2.75, 3.05) is 66.7 Å². The molecule has 4 N–H and O–H groups in total. The van der Waals surface area contributed by atoms with Crippen molar-refractivity contribution in [1.29, 1.82) is 0 Å². The van der Waals surface area contributed by atoms with E-state index in [-0.39, 0.29) is 23.5 Å². The predicted molar refractivity (Wildman–Crippen MR) is 156 cm³/mol. The molecule has 2 aromatic carbocycles. The minimum absolute atomic E-state index is 0.183. The largest absolute Gasteiger partial charge is 0.459 e. The van der Waals surface area contributed by atoms with E-state index in [1.807, 2.05) is 42.2 Å². The van der Waals surface area contributed by atoms with Crippen LogP contribution in [0.2, 0.25) is 0 Å². The van der Waals surface area contributed by atoms with E-state index in [2.05, 4.69) is 20.4 Å². The first-order chi connectivity index (χ1) is 19.4. The maximum Gasteiger partial charge on any atom is 0.291 e. The molecule has 210 valence electrons. The Morgan fingerprint density at radius 1 is 0.950 bits per heavy atom. The molecule has 3 amide bonds. The van der Waals surface area contributed by atoms with Crippen LogP contribution in [0.25, 0.3) is 0 Å². The quantitative estimate of drug-likeness (QED) is 0.278. The number of benzene rings is 2. The Bertz CT molecular complexity index is 1380. The number of amides is 3. The lowest BCUT2D eigenvalue weighted by molar-refractivity contribution is -0.127. The Labute approximate surface area is 234 Å². The molecular weight excluding hydrogens is 508 g/mol. The van der Waals surface area contributed by atoms with E-state index in [0.29, 0.717) is 37.2 Å². The second-order valence-electron chi connectivity index (χ2n) is 10.3. The van der Waals surface area contributed by atoms with E-state index in [1.54, 1.807) is 18.2 Å². The van der Waals surface area contributed by atoms with Gasteiger partial charge in [0.25, 0.3) is 11.8 Å². The minimum Gasteiger partial charge on any atom is -0.459 e. The number of anilines is 4. The van der Waals surface area contributed by atoms with Crippen LogP contribution in [-0.2, 0) is 4.79 Å². The lowest BCUT2D eigenvalue weighted by Crippen LogP contribution is -2.47. The van der Waals surface area contributed by atoms with Crippen LogP contribution >= 0.6 is 0 Å². The van der Waals surface area contributed by atoms with E-state index in [0.717, 1.165) is 61.8 Å². The van der Waals surface area contributed by atoms with Crippen LogP contribution in [0.5, 0.6) is 0 Å². The van der Waals surface area contributed by atoms with E-state index < -0.39 is 0 Å². The maximum absolute atomic E-state index is 13.0. The van der Waals surface area contributed by atoms with Gasteiger partial charge >= 0.3 is 0 Å². The number of para-hydroxylation sites is 2. The van der Waals surface area contributed by atoms with Crippen LogP contribution in [0.1, 0.15) is 45.7 Å². The highest BCUT2D eigenvalue weighted by Crippen LogP contribution is 2.31. The van der Waals surface area contributed by atoms with Crippen LogP contribution in [0.4, 0.5) is 22.7 Å². The summed E-state index contributed by atoms with van der Waals surface area (Å²) in [6.45, 7) is 6.72. The van der Waals surface area contributed by atoms with Crippen molar-refractivity contribution >= 4 is 40.5 Å². The van der Waals surface area contributed by atoms with Gasteiger partial charge in [-0.25, -0.2) is 0 Å². The normalized spacial score (nSPS) is 15.4. The Morgan fingerprint density at radius 3 is 2.38 bits per heavy atom. The van der Waals surface area contributed by atoms with Gasteiger partial charge < -0.3 is 35.5 Å². The second kappa shape index (κ2) is 12.1. The number of nitrogens with one attached hydrogen (secondary N) is 2. The summed E-state index contributed by atoms with van der Waals surface area (Å²) in [7, 11) is 0. The molecule has 0 spiro atoms. The number of likely N-dealkylation sites (tertiary alicyclic amines) is 1. The third-order valence-electron chi connectivity index (χ3n) is 7.42. The SMILES string of the molecule is Cc1coc(C(=O)Nc2cc(C(=O)NCCCN3CCCC3=O)ccc2N2CCN(c3ccccc3N)CC2)c1. The molecule has 0 radical (unpaired) electrons. The standard InChI is InChI=1S/C30H36N6O4/c1-21-18-27(40-20-21)30(39)33-24-19-22(29(38)32-11-5-13-36-12-4-8-28(36)37)9-10-26(24)35-16-14-34(15-17-35)25-7-3-2-6-23(25)31/h2-3,6-7,9-10,18-20H,4-5,8,11-17,31H2,1H3,(H,32,38)(H,33,39). The van der Waals surface area contributed by atoms with Crippen LogP contribution < -0.4 is 26.2 Å². The average molecular weight is 545 g/mol. The fourth-order valence-corrected chi connectivity index (χ4v) is 5.27. The van der Waals surface area contributed by atoms with Crippen molar-refractivity contribution in [2.24, 2.45) is 0 Å². The predicted octanol–water partition coefficient (Wildman–Crippen LogP) is 3.49. The highest BCUT2D eigenvalue weighted by atomic mass is 16.3. The number of aryl methyl sites for hydroxylation is 1. The molecule has 5 rings (SSSR count). The number of piperazine rings is 1. The molecule has 2 aliphatic rings. The maximum atomic E-state index is 13.0. The lowest BCUT2D eigenvalue weighted by Gasteiger charge is -2.38. The number of rotatable bonds is 9. The Morgan fingerprint density at radius 2 is 1.70 bits per heavy atom. The Hall–Kier alpha value is -4.47. The molecule has 0 atom stereocenters. The molecular formula is C30H36N6O4. The topological polar surface area (TPSA) is 124 Å². The third-order valence-corrected chi connectivity index (χ3v) is 7.42. The fourth-order valence-electron chi connectivity index (χ4n) is 5.27. The molecule has 3 aromatic rings. The molecule has 2 fully saturated rings. The van der Waals surface area contributed by atoms with Crippen LogP contribution in [0.3, 0.4) is 0 Å². The number of nitrogens with two attached hydrogens (primary N) is 1. The first-order valence-electron chi connectivity index (χ1n) is 13.8. The average Bonchev–Trinajstić information content (AvgIpc) is 3.59. The molecule has 10 heteroatoms.